The van der Waals surface area contributed by atoms with Crippen molar-refractivity contribution in [3.63, 3.8) is 0 Å². The molecule has 156 valence electrons. The van der Waals surface area contributed by atoms with Crippen molar-refractivity contribution < 1.29 is 9.13 Å². The Morgan fingerprint density at radius 1 is 1.00 bits per heavy atom. The SMILES string of the molecule is Fc1cc(-n2ncc3ccc(C4CCC4)cc32)cc(N2CCN(C3COC3)CC2)n1. The van der Waals surface area contributed by atoms with Gasteiger partial charge in [-0.25, -0.2) is 9.67 Å². The molecular weight excluding hydrogens is 381 g/mol. The Labute approximate surface area is 175 Å². The molecule has 2 aromatic heterocycles. The van der Waals surface area contributed by atoms with Gasteiger partial charge in [-0.1, -0.05) is 18.6 Å². The number of aromatic nitrogens is 3. The van der Waals surface area contributed by atoms with Gasteiger partial charge in [-0.3, -0.25) is 4.90 Å². The number of nitrogens with zero attached hydrogens (tertiary/aromatic N) is 5. The lowest BCUT2D eigenvalue weighted by Crippen LogP contribution is -2.56. The summed E-state index contributed by atoms with van der Waals surface area (Å²) in [6.45, 7) is 5.26. The zero-order chi connectivity index (χ0) is 20.1. The number of pyridine rings is 1. The number of piperazine rings is 1. The van der Waals surface area contributed by atoms with Gasteiger partial charge < -0.3 is 9.64 Å². The summed E-state index contributed by atoms with van der Waals surface area (Å²) in [7, 11) is 0. The first-order valence-corrected chi connectivity index (χ1v) is 11.0. The zero-order valence-electron chi connectivity index (χ0n) is 17.0. The largest absolute Gasteiger partial charge is 0.378 e. The van der Waals surface area contributed by atoms with Crippen molar-refractivity contribution in [2.75, 3.05) is 44.3 Å². The third kappa shape index (κ3) is 3.17. The molecule has 7 heteroatoms. The van der Waals surface area contributed by atoms with Gasteiger partial charge in [0.25, 0.3) is 0 Å². The number of anilines is 1. The number of ether oxygens (including phenoxy) is 1. The smallest absolute Gasteiger partial charge is 0.216 e. The van der Waals surface area contributed by atoms with E-state index in [1.165, 1.54) is 30.9 Å². The van der Waals surface area contributed by atoms with Gasteiger partial charge in [-0.2, -0.15) is 9.49 Å². The standard InChI is InChI=1S/C23H26FN5O/c24-22-11-19(12-23(26-22)28-8-6-27(7-9-28)20-14-30-15-20)29-21-10-17(16-2-1-3-16)4-5-18(21)13-25-29/h4-5,10-13,16,20H,1-3,6-9,14-15H2. The van der Waals surface area contributed by atoms with Crippen molar-refractivity contribution in [1.29, 1.82) is 0 Å². The Morgan fingerprint density at radius 3 is 2.53 bits per heavy atom. The van der Waals surface area contributed by atoms with Gasteiger partial charge >= 0.3 is 0 Å². The van der Waals surface area contributed by atoms with E-state index in [-0.39, 0.29) is 0 Å². The quantitative estimate of drug-likeness (QED) is 0.621. The van der Waals surface area contributed by atoms with Crippen LogP contribution in [0.1, 0.15) is 30.7 Å². The van der Waals surface area contributed by atoms with Gasteiger partial charge in [-0.15, -0.1) is 0 Å². The Morgan fingerprint density at radius 2 is 1.83 bits per heavy atom. The minimum Gasteiger partial charge on any atom is -0.378 e. The minimum absolute atomic E-state index is 0.462. The number of halogens is 1. The molecule has 1 aliphatic carbocycles. The molecule has 3 aromatic rings. The summed E-state index contributed by atoms with van der Waals surface area (Å²) in [4.78, 5) is 8.83. The number of fused-ring (bicyclic) bond motifs is 1. The summed E-state index contributed by atoms with van der Waals surface area (Å²) in [5.74, 6) is 0.879. The Hall–Kier alpha value is -2.51. The van der Waals surface area contributed by atoms with Crippen LogP contribution in [0.5, 0.6) is 0 Å². The highest BCUT2D eigenvalue weighted by Crippen LogP contribution is 2.37. The van der Waals surface area contributed by atoms with Crippen molar-refractivity contribution in [2.24, 2.45) is 0 Å². The fraction of sp³-hybridized carbons (Fsp3) is 0.478. The number of rotatable bonds is 4. The maximum Gasteiger partial charge on any atom is 0.216 e. The van der Waals surface area contributed by atoms with Crippen LogP contribution >= 0.6 is 0 Å². The molecule has 2 saturated heterocycles. The van der Waals surface area contributed by atoms with E-state index < -0.39 is 5.95 Å². The Balaban J connectivity index is 1.29. The molecule has 3 fully saturated rings. The van der Waals surface area contributed by atoms with Crippen LogP contribution in [0.15, 0.2) is 36.5 Å². The monoisotopic (exact) mass is 407 g/mol. The van der Waals surface area contributed by atoms with Crippen LogP contribution in [0.2, 0.25) is 0 Å². The van der Waals surface area contributed by atoms with E-state index in [0.717, 1.165) is 56.0 Å². The average molecular weight is 407 g/mol. The van der Waals surface area contributed by atoms with E-state index in [9.17, 15) is 4.39 Å². The van der Waals surface area contributed by atoms with Crippen LogP contribution in [0.3, 0.4) is 0 Å². The normalized spacial score (nSPS) is 21.0. The highest BCUT2D eigenvalue weighted by Gasteiger charge is 2.29. The van der Waals surface area contributed by atoms with Crippen molar-refractivity contribution in [2.45, 2.75) is 31.2 Å². The maximum atomic E-state index is 14.5. The Kier molecular flexibility index (Phi) is 4.46. The second-order valence-corrected chi connectivity index (χ2v) is 8.72. The second-order valence-electron chi connectivity index (χ2n) is 8.72. The molecule has 3 aliphatic rings. The predicted molar refractivity (Wildman–Crippen MR) is 114 cm³/mol. The van der Waals surface area contributed by atoms with E-state index in [2.05, 4.69) is 38.1 Å². The highest BCUT2D eigenvalue weighted by molar-refractivity contribution is 5.81. The minimum atomic E-state index is -0.462. The fourth-order valence-electron chi connectivity index (χ4n) is 4.74. The molecule has 6 rings (SSSR count). The summed E-state index contributed by atoms with van der Waals surface area (Å²) in [6, 6.07) is 10.6. The lowest BCUT2D eigenvalue weighted by Gasteiger charge is -2.42. The molecule has 0 radical (unpaired) electrons. The molecule has 0 atom stereocenters. The molecule has 0 amide bonds. The molecule has 0 N–H and O–H groups in total. The number of hydrogen-bond acceptors (Lipinski definition) is 5. The highest BCUT2D eigenvalue weighted by atomic mass is 19.1. The summed E-state index contributed by atoms with van der Waals surface area (Å²) in [5.41, 5.74) is 3.13. The molecule has 1 aromatic carbocycles. The van der Waals surface area contributed by atoms with Gasteiger partial charge in [0.2, 0.25) is 5.95 Å². The molecule has 4 heterocycles. The van der Waals surface area contributed by atoms with Crippen LogP contribution in [0, 0.1) is 5.95 Å². The lowest BCUT2D eigenvalue weighted by molar-refractivity contribution is -0.0661. The van der Waals surface area contributed by atoms with Crippen molar-refractivity contribution in [3.05, 3.63) is 48.0 Å². The number of benzene rings is 1. The Bertz CT molecular complexity index is 1070. The molecule has 30 heavy (non-hydrogen) atoms. The van der Waals surface area contributed by atoms with Crippen LogP contribution < -0.4 is 4.90 Å². The predicted octanol–water partition coefficient (Wildman–Crippen LogP) is 3.35. The molecule has 1 saturated carbocycles. The van der Waals surface area contributed by atoms with E-state index >= 15 is 0 Å². The van der Waals surface area contributed by atoms with Crippen molar-refractivity contribution in [1.82, 2.24) is 19.7 Å². The third-order valence-electron chi connectivity index (χ3n) is 6.96. The summed E-state index contributed by atoms with van der Waals surface area (Å²) in [6.07, 6.45) is 5.68. The zero-order valence-corrected chi connectivity index (χ0v) is 17.0. The summed E-state index contributed by atoms with van der Waals surface area (Å²) < 4.78 is 21.7. The van der Waals surface area contributed by atoms with Crippen LogP contribution in [-0.2, 0) is 4.74 Å². The summed E-state index contributed by atoms with van der Waals surface area (Å²) in [5, 5.41) is 5.65. The first kappa shape index (κ1) is 18.3. The lowest BCUT2D eigenvalue weighted by atomic mass is 9.80. The molecule has 0 unspecified atom stereocenters. The van der Waals surface area contributed by atoms with Crippen LogP contribution in [0.4, 0.5) is 10.2 Å². The average Bonchev–Trinajstić information content (AvgIpc) is 3.09. The molecule has 0 bridgehead atoms. The molecule has 2 aliphatic heterocycles. The fourth-order valence-corrected chi connectivity index (χ4v) is 4.74. The van der Waals surface area contributed by atoms with E-state index in [1.807, 2.05) is 16.9 Å². The first-order valence-electron chi connectivity index (χ1n) is 11.0. The third-order valence-corrected chi connectivity index (χ3v) is 6.96. The van der Waals surface area contributed by atoms with Gasteiger partial charge in [0.1, 0.15) is 5.82 Å². The van der Waals surface area contributed by atoms with Crippen molar-refractivity contribution in [3.8, 4) is 5.69 Å². The second kappa shape index (κ2) is 7.32. The topological polar surface area (TPSA) is 46.4 Å². The summed E-state index contributed by atoms with van der Waals surface area (Å²) >= 11 is 0. The first-order chi connectivity index (χ1) is 14.7. The van der Waals surface area contributed by atoms with E-state index in [4.69, 9.17) is 4.74 Å². The van der Waals surface area contributed by atoms with E-state index in [1.54, 1.807) is 0 Å². The molecule has 0 spiro atoms. The van der Waals surface area contributed by atoms with E-state index in [0.29, 0.717) is 17.8 Å². The van der Waals surface area contributed by atoms with Crippen molar-refractivity contribution >= 4 is 16.7 Å². The van der Waals surface area contributed by atoms with Crippen LogP contribution in [0.25, 0.3) is 16.6 Å². The number of hydrogen-bond donors (Lipinski definition) is 0. The molecular formula is C23H26FN5O. The molecule has 6 nitrogen and oxygen atoms in total. The van der Waals surface area contributed by atoms with Gasteiger partial charge in [0, 0.05) is 43.7 Å². The van der Waals surface area contributed by atoms with Gasteiger partial charge in [0.05, 0.1) is 36.7 Å². The van der Waals surface area contributed by atoms with Gasteiger partial charge in [0.15, 0.2) is 0 Å². The van der Waals surface area contributed by atoms with Gasteiger partial charge in [-0.05, 0) is 30.4 Å². The van der Waals surface area contributed by atoms with Crippen LogP contribution in [-0.4, -0.2) is 65.1 Å². The maximum absolute atomic E-state index is 14.5.